The van der Waals surface area contributed by atoms with Crippen molar-refractivity contribution in [2.45, 2.75) is 44.1 Å². The molecule has 4 aliphatic rings. The molecule has 1 aliphatic heterocycles. The Bertz CT molecular complexity index is 968. The first-order valence-electron chi connectivity index (χ1n) is 10.8. The topological polar surface area (TPSA) is 55.8 Å². The van der Waals surface area contributed by atoms with Crippen LogP contribution in [0.4, 0.5) is 0 Å². The Morgan fingerprint density at radius 3 is 2.66 bits per heavy atom. The fraction of sp³-hybridized carbons (Fsp3) is 0.480. The Balaban J connectivity index is 1.20. The molecule has 0 aromatic heterocycles. The van der Waals surface area contributed by atoms with Gasteiger partial charge in [0.05, 0.1) is 18.1 Å². The highest BCUT2D eigenvalue weighted by atomic mass is 16.5. The molecule has 4 heteroatoms. The zero-order valence-electron chi connectivity index (χ0n) is 16.5. The zero-order valence-corrected chi connectivity index (χ0v) is 16.5. The molecule has 0 bridgehead atoms. The normalized spacial score (nSPS) is 38.5. The van der Waals surface area contributed by atoms with E-state index in [1.165, 1.54) is 18.4 Å². The van der Waals surface area contributed by atoms with Crippen molar-refractivity contribution in [3.63, 3.8) is 0 Å². The highest BCUT2D eigenvalue weighted by Gasteiger charge is 2.84. The van der Waals surface area contributed by atoms with Gasteiger partial charge in [0.25, 0.3) is 0 Å². The van der Waals surface area contributed by atoms with E-state index in [0.717, 1.165) is 43.8 Å². The number of carboxylic acid groups (broad SMARTS) is 1. The summed E-state index contributed by atoms with van der Waals surface area (Å²) in [6.45, 7) is 0.821. The lowest BCUT2D eigenvalue weighted by Crippen LogP contribution is -2.46. The van der Waals surface area contributed by atoms with E-state index in [0.29, 0.717) is 5.92 Å². The van der Waals surface area contributed by atoms with Crippen LogP contribution < -0.4 is 4.74 Å². The van der Waals surface area contributed by atoms with Crippen LogP contribution in [0.5, 0.6) is 11.5 Å². The fourth-order valence-electron chi connectivity index (χ4n) is 6.44. The van der Waals surface area contributed by atoms with Gasteiger partial charge in [-0.3, -0.25) is 4.79 Å². The number of rotatable bonds is 7. The minimum absolute atomic E-state index is 0.0959. The van der Waals surface area contributed by atoms with Crippen LogP contribution in [0.15, 0.2) is 54.6 Å². The van der Waals surface area contributed by atoms with Crippen molar-refractivity contribution in [2.75, 3.05) is 6.61 Å². The van der Waals surface area contributed by atoms with Crippen molar-refractivity contribution >= 4 is 5.97 Å². The standard InChI is InChI=1S/C25H26O4/c26-22(27)21-13-17(21)9-10-23-15-24(23)11-12-25(24,28-16-23)18-5-4-8-20(14-18)29-19-6-2-1-3-7-19/h1-8,14,17,21H,9-13,15-16H2,(H,26,27). The van der Waals surface area contributed by atoms with E-state index in [-0.39, 0.29) is 22.3 Å². The molecule has 1 spiro atoms. The predicted molar refractivity (Wildman–Crippen MR) is 108 cm³/mol. The number of hydrogen-bond acceptors (Lipinski definition) is 3. The highest BCUT2D eigenvalue weighted by Crippen LogP contribution is 2.87. The van der Waals surface area contributed by atoms with Crippen LogP contribution in [0.2, 0.25) is 0 Å². The molecule has 150 valence electrons. The smallest absolute Gasteiger partial charge is 0.306 e. The third-order valence-corrected chi connectivity index (χ3v) is 8.31. The summed E-state index contributed by atoms with van der Waals surface area (Å²) in [6.07, 6.45) is 6.55. The lowest BCUT2D eigenvalue weighted by molar-refractivity contribution is -0.138. The Hall–Kier alpha value is -2.33. The Labute approximate surface area is 170 Å². The molecule has 3 aliphatic carbocycles. The minimum atomic E-state index is -0.617. The molecule has 4 nitrogen and oxygen atoms in total. The molecule has 29 heavy (non-hydrogen) atoms. The predicted octanol–water partition coefficient (Wildman–Crippen LogP) is 5.38. The second kappa shape index (κ2) is 5.85. The van der Waals surface area contributed by atoms with Gasteiger partial charge in [0.1, 0.15) is 11.5 Å². The maximum atomic E-state index is 11.1. The van der Waals surface area contributed by atoms with Crippen LogP contribution >= 0.6 is 0 Å². The lowest BCUT2D eigenvalue weighted by Gasteiger charge is -2.48. The number of carbonyl (C=O) groups is 1. The van der Waals surface area contributed by atoms with Gasteiger partial charge in [-0.05, 0) is 74.3 Å². The van der Waals surface area contributed by atoms with Crippen LogP contribution in [0, 0.1) is 22.7 Å². The van der Waals surface area contributed by atoms with Crippen molar-refractivity contribution < 1.29 is 19.4 Å². The number of aliphatic carboxylic acids is 1. The van der Waals surface area contributed by atoms with E-state index in [1.54, 1.807) is 0 Å². The monoisotopic (exact) mass is 390 g/mol. The molecule has 0 radical (unpaired) electrons. The van der Waals surface area contributed by atoms with Gasteiger partial charge in [0.15, 0.2) is 0 Å². The van der Waals surface area contributed by atoms with Crippen LogP contribution in [0.3, 0.4) is 0 Å². The van der Waals surface area contributed by atoms with Crippen LogP contribution in [0.1, 0.15) is 44.1 Å². The quantitative estimate of drug-likeness (QED) is 0.690. The summed E-state index contributed by atoms with van der Waals surface area (Å²) < 4.78 is 12.6. The number of ether oxygens (including phenoxy) is 2. The molecular formula is C25H26O4. The number of hydrogen-bond donors (Lipinski definition) is 1. The molecule has 2 aromatic carbocycles. The first-order valence-corrected chi connectivity index (χ1v) is 10.8. The number of benzene rings is 2. The molecule has 2 aromatic rings. The molecule has 1 N–H and O–H groups in total. The molecule has 6 rings (SSSR count). The van der Waals surface area contributed by atoms with Gasteiger partial charge in [0, 0.05) is 10.8 Å². The maximum absolute atomic E-state index is 11.1. The van der Waals surface area contributed by atoms with E-state index in [1.807, 2.05) is 36.4 Å². The van der Waals surface area contributed by atoms with Crippen molar-refractivity contribution in [1.29, 1.82) is 0 Å². The van der Waals surface area contributed by atoms with E-state index in [4.69, 9.17) is 9.47 Å². The van der Waals surface area contributed by atoms with Gasteiger partial charge < -0.3 is 14.6 Å². The Morgan fingerprint density at radius 2 is 1.93 bits per heavy atom. The first kappa shape index (κ1) is 17.5. The van der Waals surface area contributed by atoms with Crippen LogP contribution in [0.25, 0.3) is 0 Å². The van der Waals surface area contributed by atoms with Gasteiger partial charge >= 0.3 is 5.97 Å². The second-order valence-electron chi connectivity index (χ2n) is 9.58. The van der Waals surface area contributed by atoms with Crippen LogP contribution in [-0.2, 0) is 15.1 Å². The van der Waals surface area contributed by atoms with Crippen molar-refractivity contribution in [1.82, 2.24) is 0 Å². The highest BCUT2D eigenvalue weighted by molar-refractivity contribution is 5.73. The lowest BCUT2D eigenvalue weighted by atomic mass is 9.60. The Morgan fingerprint density at radius 1 is 1.10 bits per heavy atom. The molecule has 4 fully saturated rings. The third kappa shape index (κ3) is 2.38. The number of carboxylic acids is 1. The first-order chi connectivity index (χ1) is 14.1. The average molecular weight is 390 g/mol. The Kier molecular flexibility index (Phi) is 3.54. The van der Waals surface area contributed by atoms with E-state index in [2.05, 4.69) is 18.2 Å². The largest absolute Gasteiger partial charge is 0.481 e. The summed E-state index contributed by atoms with van der Waals surface area (Å²) in [5.41, 5.74) is 1.61. The van der Waals surface area contributed by atoms with Gasteiger partial charge in [-0.2, -0.15) is 0 Å². The molecule has 1 saturated heterocycles. The summed E-state index contributed by atoms with van der Waals surface area (Å²) in [6, 6.07) is 18.3. The van der Waals surface area contributed by atoms with E-state index < -0.39 is 5.97 Å². The van der Waals surface area contributed by atoms with Gasteiger partial charge in [-0.25, -0.2) is 0 Å². The van der Waals surface area contributed by atoms with Crippen LogP contribution in [-0.4, -0.2) is 17.7 Å². The minimum Gasteiger partial charge on any atom is -0.481 e. The molecule has 5 atom stereocenters. The van der Waals surface area contributed by atoms with E-state index in [9.17, 15) is 9.90 Å². The molecule has 0 amide bonds. The van der Waals surface area contributed by atoms with Crippen molar-refractivity contribution in [3.8, 4) is 11.5 Å². The molecule has 5 unspecified atom stereocenters. The summed E-state index contributed by atoms with van der Waals surface area (Å²) in [4.78, 5) is 11.1. The van der Waals surface area contributed by atoms with Crippen molar-refractivity contribution in [2.24, 2.45) is 22.7 Å². The van der Waals surface area contributed by atoms with Crippen molar-refractivity contribution in [3.05, 3.63) is 60.2 Å². The number of para-hydroxylation sites is 1. The van der Waals surface area contributed by atoms with Gasteiger partial charge in [-0.1, -0.05) is 30.3 Å². The summed E-state index contributed by atoms with van der Waals surface area (Å²) in [7, 11) is 0. The summed E-state index contributed by atoms with van der Waals surface area (Å²) in [5, 5.41) is 9.18. The summed E-state index contributed by atoms with van der Waals surface area (Å²) >= 11 is 0. The fourth-order valence-corrected chi connectivity index (χ4v) is 6.44. The zero-order chi connectivity index (χ0) is 19.7. The molecule has 3 saturated carbocycles. The SMILES string of the molecule is O=C(O)C1CC1CCC12COC3(c4cccc(Oc5ccccc5)c4)CCC13C2. The third-order valence-electron chi connectivity index (χ3n) is 8.31. The molecule has 1 heterocycles. The second-order valence-corrected chi connectivity index (χ2v) is 9.58. The average Bonchev–Trinajstić information content (AvgIpc) is 3.60. The van der Waals surface area contributed by atoms with Gasteiger partial charge in [0.2, 0.25) is 0 Å². The molecular weight excluding hydrogens is 364 g/mol. The maximum Gasteiger partial charge on any atom is 0.306 e. The summed E-state index contributed by atoms with van der Waals surface area (Å²) in [5.74, 6) is 1.37. The van der Waals surface area contributed by atoms with Gasteiger partial charge in [-0.15, -0.1) is 0 Å². The van der Waals surface area contributed by atoms with E-state index >= 15 is 0 Å².